The summed E-state index contributed by atoms with van der Waals surface area (Å²) in [6.07, 6.45) is 0. The quantitative estimate of drug-likeness (QED) is 0.650. The second kappa shape index (κ2) is 8.29. The average molecular weight is 381 g/mol. The van der Waals surface area contributed by atoms with Crippen molar-refractivity contribution in [2.75, 3.05) is 27.2 Å². The zero-order valence-corrected chi connectivity index (χ0v) is 16.3. The van der Waals surface area contributed by atoms with Crippen LogP contribution in [-0.4, -0.2) is 62.3 Å². The first kappa shape index (κ1) is 21.6. The second-order valence-corrected chi connectivity index (χ2v) is 8.40. The fraction of sp³-hybridized carbons (Fsp3) is 0.471. The third-order valence-corrected chi connectivity index (χ3v) is 5.74. The molecule has 0 aliphatic rings. The summed E-state index contributed by atoms with van der Waals surface area (Å²) in [4.78, 5) is 25.0. The smallest absolute Gasteiger partial charge is 0.321 e. The number of sulfonamides is 1. The number of amides is 1. The van der Waals surface area contributed by atoms with Gasteiger partial charge >= 0.3 is 5.97 Å². The number of carbonyl (C=O) groups excluding carboxylic acids is 2. The zero-order valence-electron chi connectivity index (χ0n) is 15.5. The average Bonchev–Trinajstić information content (AvgIpc) is 2.59. The Balaban J connectivity index is 2.66. The van der Waals surface area contributed by atoms with Crippen LogP contribution in [-0.2, 0) is 24.3 Å². The maximum Gasteiger partial charge on any atom is 0.321 e. The number of rotatable bonds is 7. The van der Waals surface area contributed by atoms with Crippen molar-refractivity contribution in [1.29, 1.82) is 5.26 Å². The summed E-state index contributed by atoms with van der Waals surface area (Å²) in [7, 11) is -1.16. The Labute approximate surface area is 154 Å². The van der Waals surface area contributed by atoms with Crippen LogP contribution >= 0.6 is 0 Å². The predicted octanol–water partition coefficient (Wildman–Crippen LogP) is 0.919. The van der Waals surface area contributed by atoms with Crippen molar-refractivity contribution < 1.29 is 22.7 Å². The van der Waals surface area contributed by atoms with Crippen molar-refractivity contribution in [3.05, 3.63) is 29.8 Å². The molecule has 0 aliphatic heterocycles. The van der Waals surface area contributed by atoms with E-state index < -0.39 is 40.6 Å². The summed E-state index contributed by atoms with van der Waals surface area (Å²) in [6, 6.07) is 8.18. The van der Waals surface area contributed by atoms with Gasteiger partial charge in [-0.15, -0.1) is 0 Å². The van der Waals surface area contributed by atoms with E-state index in [9.17, 15) is 18.0 Å². The molecule has 0 atom stereocenters. The summed E-state index contributed by atoms with van der Waals surface area (Å²) < 4.78 is 30.5. The highest BCUT2D eigenvalue weighted by Gasteiger charge is 2.28. The molecular weight excluding hydrogens is 358 g/mol. The van der Waals surface area contributed by atoms with E-state index in [2.05, 4.69) is 0 Å². The van der Waals surface area contributed by atoms with Crippen LogP contribution in [0.5, 0.6) is 0 Å². The number of likely N-dealkylation sites (N-methyl/N-ethyl adjacent to an activating group) is 2. The van der Waals surface area contributed by atoms with E-state index in [-0.39, 0.29) is 4.90 Å². The molecule has 0 unspecified atom stereocenters. The summed E-state index contributed by atoms with van der Waals surface area (Å²) in [5, 5.41) is 9.00. The Kier molecular flexibility index (Phi) is 6.89. The standard InChI is InChI=1S/C17H23N3O5S/c1-13-6-8-14(9-7-13)26(23,24)19(4)10-16(22)25-11-15(21)20(5)17(2,3)12-18/h6-9H,10-11H2,1-5H3. The number of nitrogens with zero attached hydrogens (tertiary/aromatic N) is 3. The van der Waals surface area contributed by atoms with Crippen molar-refractivity contribution >= 4 is 21.9 Å². The number of hydrogen-bond acceptors (Lipinski definition) is 6. The van der Waals surface area contributed by atoms with Gasteiger partial charge in [0.15, 0.2) is 6.61 Å². The second-order valence-electron chi connectivity index (χ2n) is 6.36. The monoisotopic (exact) mass is 381 g/mol. The van der Waals surface area contributed by atoms with E-state index in [1.807, 2.05) is 13.0 Å². The minimum absolute atomic E-state index is 0.0602. The zero-order chi connectivity index (χ0) is 20.1. The van der Waals surface area contributed by atoms with E-state index in [0.717, 1.165) is 14.8 Å². The number of benzene rings is 1. The Morgan fingerprint density at radius 1 is 1.19 bits per heavy atom. The molecule has 1 aromatic rings. The van der Waals surface area contributed by atoms with Crippen molar-refractivity contribution in [1.82, 2.24) is 9.21 Å². The van der Waals surface area contributed by atoms with Crippen molar-refractivity contribution in [3.8, 4) is 6.07 Å². The molecule has 0 aromatic heterocycles. The summed E-state index contributed by atoms with van der Waals surface area (Å²) >= 11 is 0. The molecule has 0 fully saturated rings. The van der Waals surface area contributed by atoms with Crippen molar-refractivity contribution in [2.24, 2.45) is 0 Å². The topological polar surface area (TPSA) is 108 Å². The van der Waals surface area contributed by atoms with Crippen LogP contribution in [0.15, 0.2) is 29.2 Å². The minimum Gasteiger partial charge on any atom is -0.455 e. The lowest BCUT2D eigenvalue weighted by molar-refractivity contribution is -0.152. The minimum atomic E-state index is -3.84. The molecule has 0 radical (unpaired) electrons. The molecule has 0 N–H and O–H groups in total. The Morgan fingerprint density at radius 3 is 2.23 bits per heavy atom. The molecule has 1 rings (SSSR count). The van der Waals surface area contributed by atoms with Gasteiger partial charge in [-0.3, -0.25) is 9.59 Å². The van der Waals surface area contributed by atoms with E-state index in [1.54, 1.807) is 26.0 Å². The molecule has 0 bridgehead atoms. The van der Waals surface area contributed by atoms with Crippen LogP contribution in [0.1, 0.15) is 19.4 Å². The first-order valence-corrected chi connectivity index (χ1v) is 9.22. The van der Waals surface area contributed by atoms with Gasteiger partial charge in [-0.05, 0) is 32.9 Å². The maximum absolute atomic E-state index is 12.4. The largest absolute Gasteiger partial charge is 0.455 e. The number of aryl methyl sites for hydroxylation is 1. The highest BCUT2D eigenvalue weighted by Crippen LogP contribution is 2.15. The first-order chi connectivity index (χ1) is 11.9. The Hall–Kier alpha value is -2.44. The number of ether oxygens (including phenoxy) is 1. The van der Waals surface area contributed by atoms with Gasteiger partial charge in [0.1, 0.15) is 12.1 Å². The number of hydrogen-bond donors (Lipinski definition) is 0. The van der Waals surface area contributed by atoms with Crippen LogP contribution in [0, 0.1) is 18.3 Å². The van der Waals surface area contributed by atoms with Crippen molar-refractivity contribution in [3.63, 3.8) is 0 Å². The van der Waals surface area contributed by atoms with Gasteiger partial charge in [0, 0.05) is 14.1 Å². The first-order valence-electron chi connectivity index (χ1n) is 7.78. The van der Waals surface area contributed by atoms with Crippen LogP contribution < -0.4 is 0 Å². The van der Waals surface area contributed by atoms with Gasteiger partial charge < -0.3 is 9.64 Å². The molecule has 8 nitrogen and oxygen atoms in total. The lowest BCUT2D eigenvalue weighted by atomic mass is 10.1. The van der Waals surface area contributed by atoms with Crippen LogP contribution in [0.25, 0.3) is 0 Å². The molecule has 1 amide bonds. The molecule has 0 saturated heterocycles. The number of carbonyl (C=O) groups is 2. The maximum atomic E-state index is 12.4. The normalized spacial score (nSPS) is 11.7. The van der Waals surface area contributed by atoms with Gasteiger partial charge in [-0.2, -0.15) is 9.57 Å². The Morgan fingerprint density at radius 2 is 1.73 bits per heavy atom. The molecule has 9 heteroatoms. The van der Waals surface area contributed by atoms with Gasteiger partial charge in [-0.1, -0.05) is 17.7 Å². The molecule has 0 spiro atoms. The molecule has 0 saturated carbocycles. The Bertz CT molecular complexity index is 810. The van der Waals surface area contributed by atoms with Gasteiger partial charge in [0.25, 0.3) is 5.91 Å². The third kappa shape index (κ3) is 5.28. The number of nitriles is 1. The van der Waals surface area contributed by atoms with Gasteiger partial charge in [0.2, 0.25) is 10.0 Å². The summed E-state index contributed by atoms with van der Waals surface area (Å²) in [6.45, 7) is 3.83. The van der Waals surface area contributed by atoms with E-state index in [0.29, 0.717) is 0 Å². The van der Waals surface area contributed by atoms with Gasteiger partial charge in [0.05, 0.1) is 11.0 Å². The third-order valence-electron chi connectivity index (χ3n) is 3.92. The lowest BCUT2D eigenvalue weighted by Crippen LogP contribution is -2.46. The van der Waals surface area contributed by atoms with Crippen LogP contribution in [0.3, 0.4) is 0 Å². The number of esters is 1. The molecule has 0 aliphatic carbocycles. The van der Waals surface area contributed by atoms with E-state index in [4.69, 9.17) is 10.00 Å². The fourth-order valence-electron chi connectivity index (χ4n) is 1.83. The highest BCUT2D eigenvalue weighted by atomic mass is 32.2. The molecule has 1 aromatic carbocycles. The van der Waals surface area contributed by atoms with E-state index >= 15 is 0 Å². The fourth-order valence-corrected chi connectivity index (χ4v) is 2.94. The predicted molar refractivity (Wildman–Crippen MR) is 94.4 cm³/mol. The highest BCUT2D eigenvalue weighted by molar-refractivity contribution is 7.89. The lowest BCUT2D eigenvalue weighted by Gasteiger charge is -2.28. The SMILES string of the molecule is Cc1ccc(S(=O)(=O)N(C)CC(=O)OCC(=O)N(C)C(C)(C)C#N)cc1. The van der Waals surface area contributed by atoms with Crippen molar-refractivity contribution in [2.45, 2.75) is 31.2 Å². The molecule has 26 heavy (non-hydrogen) atoms. The van der Waals surface area contributed by atoms with Crippen LogP contribution in [0.2, 0.25) is 0 Å². The summed E-state index contributed by atoms with van der Waals surface area (Å²) in [5.41, 5.74) is -0.136. The van der Waals surface area contributed by atoms with Crippen LogP contribution in [0.4, 0.5) is 0 Å². The van der Waals surface area contributed by atoms with Gasteiger partial charge in [-0.25, -0.2) is 8.42 Å². The molecular formula is C17H23N3O5S. The molecule has 142 valence electrons. The summed E-state index contributed by atoms with van der Waals surface area (Å²) in [5.74, 6) is -1.42. The molecule has 0 heterocycles. The van der Waals surface area contributed by atoms with E-state index in [1.165, 1.54) is 26.2 Å².